The predicted octanol–water partition coefficient (Wildman–Crippen LogP) is 7.00. The van der Waals surface area contributed by atoms with Crippen LogP contribution in [0.25, 0.3) is 17.0 Å². The van der Waals surface area contributed by atoms with Crippen molar-refractivity contribution in [3.8, 4) is 17.2 Å². The summed E-state index contributed by atoms with van der Waals surface area (Å²) in [4.78, 5) is 25.6. The van der Waals surface area contributed by atoms with E-state index < -0.39 is 5.97 Å². The fourth-order valence-electron chi connectivity index (χ4n) is 3.70. The van der Waals surface area contributed by atoms with Crippen molar-refractivity contribution in [3.63, 3.8) is 0 Å². The fraction of sp³-hybridized carbons (Fsp3) is 0.0769. The van der Waals surface area contributed by atoms with Crippen LogP contribution in [0.4, 0.5) is 0 Å². The second kappa shape index (κ2) is 8.66. The van der Waals surface area contributed by atoms with Crippen LogP contribution in [0.2, 0.25) is 5.02 Å². The highest BCUT2D eigenvalue weighted by Crippen LogP contribution is 2.40. The number of fused-ring (bicyclic) bond motifs is 2. The van der Waals surface area contributed by atoms with Gasteiger partial charge >= 0.3 is 5.97 Å². The number of esters is 1. The Morgan fingerprint density at radius 2 is 1.85 bits per heavy atom. The molecule has 0 fully saturated rings. The number of ketones is 1. The molecular weight excluding hydrogens is 524 g/mol. The van der Waals surface area contributed by atoms with Gasteiger partial charge in [0.25, 0.3) is 0 Å². The summed E-state index contributed by atoms with van der Waals surface area (Å²) in [6.07, 6.45) is 1.62. The first-order valence-electron chi connectivity index (χ1n) is 10.2. The van der Waals surface area contributed by atoms with Crippen molar-refractivity contribution >= 4 is 56.3 Å². The van der Waals surface area contributed by atoms with Gasteiger partial charge in [0.1, 0.15) is 22.8 Å². The van der Waals surface area contributed by atoms with E-state index in [1.54, 1.807) is 62.6 Å². The van der Waals surface area contributed by atoms with Crippen LogP contribution in [0, 0.1) is 6.92 Å². The first kappa shape index (κ1) is 22.3. The minimum absolute atomic E-state index is 0.0384. The molecule has 8 heteroatoms. The minimum atomic E-state index is -0.672. The number of benzene rings is 3. The van der Waals surface area contributed by atoms with E-state index in [0.29, 0.717) is 44.2 Å². The third-order valence-corrected chi connectivity index (χ3v) is 6.13. The van der Waals surface area contributed by atoms with Gasteiger partial charge in [-0.15, -0.1) is 0 Å². The van der Waals surface area contributed by atoms with E-state index in [4.69, 9.17) is 30.2 Å². The zero-order valence-corrected chi connectivity index (χ0v) is 20.3. The van der Waals surface area contributed by atoms with Crippen LogP contribution in [0.5, 0.6) is 17.2 Å². The van der Waals surface area contributed by atoms with Gasteiger partial charge in [0.05, 0.1) is 12.7 Å². The molecule has 0 amide bonds. The van der Waals surface area contributed by atoms with Gasteiger partial charge in [-0.05, 0) is 67.6 Å². The summed E-state index contributed by atoms with van der Waals surface area (Å²) < 4.78 is 23.2. The number of Topliss-reactive ketones (excluding diaryl/α,β-unsaturated/α-hetero) is 1. The first-order chi connectivity index (χ1) is 16.3. The summed E-state index contributed by atoms with van der Waals surface area (Å²) in [5.74, 6) is 0.440. The lowest BCUT2D eigenvalue weighted by molar-refractivity contribution is 0.0702. The van der Waals surface area contributed by atoms with Crippen molar-refractivity contribution < 1.29 is 28.2 Å². The van der Waals surface area contributed by atoms with Gasteiger partial charge in [-0.1, -0.05) is 27.5 Å². The maximum absolute atomic E-state index is 12.9. The molecule has 0 N–H and O–H groups in total. The number of furan rings is 1. The number of hydrogen-bond acceptors (Lipinski definition) is 6. The number of rotatable bonds is 4. The van der Waals surface area contributed by atoms with Gasteiger partial charge in [-0.2, -0.15) is 0 Å². The highest BCUT2D eigenvalue weighted by Gasteiger charge is 2.31. The smallest absolute Gasteiger partial charge is 0.379 e. The molecule has 170 valence electrons. The molecule has 0 radical (unpaired) electrons. The van der Waals surface area contributed by atoms with Crippen molar-refractivity contribution in [2.24, 2.45) is 0 Å². The molecule has 1 aliphatic heterocycles. The lowest BCUT2D eigenvalue weighted by Crippen LogP contribution is -2.08. The average molecular weight is 540 g/mol. The summed E-state index contributed by atoms with van der Waals surface area (Å²) in [5.41, 5.74) is 2.11. The standard InChI is InChI=1S/C26H16BrClO6/c1-13-19(34-26(30)23-12-15-10-17(28)4-7-21(15)32-23)8-5-18-24(29)22(33-25(13)18)11-14-9-16(27)3-6-20(14)31-2/h3-12H,1-2H3/b22-11-. The first-order valence-corrected chi connectivity index (χ1v) is 11.3. The maximum Gasteiger partial charge on any atom is 0.379 e. The predicted molar refractivity (Wildman–Crippen MR) is 131 cm³/mol. The monoisotopic (exact) mass is 538 g/mol. The van der Waals surface area contributed by atoms with Crippen molar-refractivity contribution in [2.75, 3.05) is 7.11 Å². The van der Waals surface area contributed by atoms with Crippen LogP contribution >= 0.6 is 27.5 Å². The molecular formula is C26H16BrClO6. The van der Waals surface area contributed by atoms with E-state index in [9.17, 15) is 9.59 Å². The van der Waals surface area contributed by atoms with E-state index in [0.717, 1.165) is 4.47 Å². The Bertz CT molecular complexity index is 1520. The second-order valence-electron chi connectivity index (χ2n) is 7.57. The molecule has 0 spiro atoms. The number of halogens is 2. The van der Waals surface area contributed by atoms with Gasteiger partial charge in [-0.25, -0.2) is 4.79 Å². The molecule has 0 bridgehead atoms. The number of hydrogen-bond donors (Lipinski definition) is 0. The molecule has 0 unspecified atom stereocenters. The van der Waals surface area contributed by atoms with Crippen LogP contribution in [-0.4, -0.2) is 18.9 Å². The Morgan fingerprint density at radius 3 is 2.65 bits per heavy atom. The molecule has 4 aromatic rings. The number of methoxy groups -OCH3 is 1. The van der Waals surface area contributed by atoms with Gasteiger partial charge in [0.15, 0.2) is 5.76 Å². The number of allylic oxidation sites excluding steroid dienone is 1. The summed E-state index contributed by atoms with van der Waals surface area (Å²) in [7, 11) is 1.55. The zero-order valence-electron chi connectivity index (χ0n) is 18.0. The summed E-state index contributed by atoms with van der Waals surface area (Å²) in [6.45, 7) is 1.72. The Labute approximate surface area is 207 Å². The molecule has 2 heterocycles. The Morgan fingerprint density at radius 1 is 1.06 bits per heavy atom. The third kappa shape index (κ3) is 3.97. The van der Waals surface area contributed by atoms with Crippen LogP contribution in [0.1, 0.15) is 32.0 Å². The van der Waals surface area contributed by atoms with E-state index >= 15 is 0 Å². The van der Waals surface area contributed by atoms with Gasteiger partial charge in [-0.3, -0.25) is 4.79 Å². The van der Waals surface area contributed by atoms with E-state index in [1.807, 2.05) is 12.1 Å². The molecule has 1 aliphatic rings. The van der Waals surface area contributed by atoms with Crippen LogP contribution < -0.4 is 14.2 Å². The van der Waals surface area contributed by atoms with Crippen LogP contribution in [-0.2, 0) is 0 Å². The lowest BCUT2D eigenvalue weighted by atomic mass is 10.1. The third-order valence-electron chi connectivity index (χ3n) is 5.40. The molecule has 0 saturated heterocycles. The number of ether oxygens (including phenoxy) is 3. The van der Waals surface area contributed by atoms with Crippen LogP contribution in [0.15, 0.2) is 69.2 Å². The van der Waals surface area contributed by atoms with Crippen molar-refractivity contribution in [1.29, 1.82) is 0 Å². The highest BCUT2D eigenvalue weighted by molar-refractivity contribution is 9.10. The van der Waals surface area contributed by atoms with Gasteiger partial charge in [0.2, 0.25) is 11.5 Å². The molecule has 6 nitrogen and oxygen atoms in total. The average Bonchev–Trinajstić information content (AvgIpc) is 3.37. The molecule has 0 aliphatic carbocycles. The Hall–Kier alpha value is -3.55. The largest absolute Gasteiger partial charge is 0.496 e. The van der Waals surface area contributed by atoms with Crippen molar-refractivity contribution in [3.05, 3.63) is 92.3 Å². The molecule has 3 aromatic carbocycles. The van der Waals surface area contributed by atoms with E-state index in [1.165, 1.54) is 0 Å². The summed E-state index contributed by atoms with van der Waals surface area (Å²) in [5, 5.41) is 1.23. The molecule has 34 heavy (non-hydrogen) atoms. The number of carbonyl (C=O) groups excluding carboxylic acids is 2. The molecule has 0 saturated carbocycles. The number of carbonyl (C=O) groups is 2. The second-order valence-corrected chi connectivity index (χ2v) is 8.93. The fourth-order valence-corrected chi connectivity index (χ4v) is 4.26. The van der Waals surface area contributed by atoms with E-state index in [-0.39, 0.29) is 23.1 Å². The molecule has 0 atom stereocenters. The SMILES string of the molecule is COc1ccc(Br)cc1/C=C1\Oc2c(ccc(OC(=O)c3cc4cc(Cl)ccc4o3)c2C)C1=O. The lowest BCUT2D eigenvalue weighted by Gasteiger charge is -2.09. The topological polar surface area (TPSA) is 75.0 Å². The van der Waals surface area contributed by atoms with Gasteiger partial charge < -0.3 is 18.6 Å². The normalized spacial score (nSPS) is 13.8. The quantitative estimate of drug-likeness (QED) is 0.158. The van der Waals surface area contributed by atoms with Crippen molar-refractivity contribution in [1.82, 2.24) is 0 Å². The summed E-state index contributed by atoms with van der Waals surface area (Å²) >= 11 is 9.42. The highest BCUT2D eigenvalue weighted by atomic mass is 79.9. The van der Waals surface area contributed by atoms with Crippen LogP contribution in [0.3, 0.4) is 0 Å². The van der Waals surface area contributed by atoms with E-state index in [2.05, 4.69) is 15.9 Å². The molecule has 1 aromatic heterocycles. The maximum atomic E-state index is 12.9. The van der Waals surface area contributed by atoms with Crippen molar-refractivity contribution in [2.45, 2.75) is 6.92 Å². The molecule has 5 rings (SSSR count). The Balaban J connectivity index is 1.43. The Kier molecular flexibility index (Phi) is 5.67. The minimum Gasteiger partial charge on any atom is -0.496 e. The zero-order chi connectivity index (χ0) is 24.0. The van der Waals surface area contributed by atoms with Gasteiger partial charge in [0, 0.05) is 26.0 Å². The summed E-state index contributed by atoms with van der Waals surface area (Å²) in [6, 6.07) is 15.2.